The third kappa shape index (κ3) is 5.52. The molecule has 0 fully saturated rings. The summed E-state index contributed by atoms with van der Waals surface area (Å²) in [5.74, 6) is 1.23. The van der Waals surface area contributed by atoms with Crippen LogP contribution in [0.5, 0.6) is 5.75 Å². The van der Waals surface area contributed by atoms with E-state index in [9.17, 15) is 4.79 Å². The average Bonchev–Trinajstić information content (AvgIpc) is 3.21. The van der Waals surface area contributed by atoms with Crippen molar-refractivity contribution in [2.75, 3.05) is 7.11 Å². The zero-order valence-electron chi connectivity index (χ0n) is 16.9. The Kier molecular flexibility index (Phi) is 6.64. The number of carbonyl (C=O) groups excluding carboxylic acids is 1. The summed E-state index contributed by atoms with van der Waals surface area (Å²) in [6, 6.07) is 23.0. The summed E-state index contributed by atoms with van der Waals surface area (Å²) in [7, 11) is 1.64. The fourth-order valence-corrected chi connectivity index (χ4v) is 3.86. The Bertz CT molecular complexity index is 1170. The minimum absolute atomic E-state index is 0.164. The number of para-hydroxylation sites is 2. The first kappa shape index (κ1) is 20.7. The van der Waals surface area contributed by atoms with Gasteiger partial charge in [0, 0.05) is 11.3 Å². The number of hydrazone groups is 1. The molecule has 3 aromatic carbocycles. The van der Waals surface area contributed by atoms with Crippen LogP contribution in [-0.4, -0.2) is 24.2 Å². The van der Waals surface area contributed by atoms with Crippen molar-refractivity contribution in [2.45, 2.75) is 17.4 Å². The molecule has 31 heavy (non-hydrogen) atoms. The first-order valence-electron chi connectivity index (χ1n) is 9.72. The minimum Gasteiger partial charge on any atom is -0.496 e. The van der Waals surface area contributed by atoms with Gasteiger partial charge in [-0.05, 0) is 41.5 Å². The number of aromatic nitrogens is 1. The summed E-state index contributed by atoms with van der Waals surface area (Å²) >= 11 is 1.50. The van der Waals surface area contributed by atoms with Crippen LogP contribution in [0, 0.1) is 0 Å². The van der Waals surface area contributed by atoms with Gasteiger partial charge in [-0.25, -0.2) is 10.4 Å². The number of nitrogens with zero attached hydrogens (tertiary/aromatic N) is 2. The Labute approximate surface area is 184 Å². The summed E-state index contributed by atoms with van der Waals surface area (Å²) in [6.07, 6.45) is 1.91. The molecule has 0 bridgehead atoms. The normalized spacial score (nSPS) is 11.1. The second-order valence-electron chi connectivity index (χ2n) is 6.76. The molecule has 1 N–H and O–H groups in total. The predicted molar refractivity (Wildman–Crippen MR) is 122 cm³/mol. The fraction of sp³-hybridized carbons (Fsp3) is 0.125. The molecule has 0 unspecified atom stereocenters. The third-order valence-electron chi connectivity index (χ3n) is 4.54. The van der Waals surface area contributed by atoms with Gasteiger partial charge in [-0.15, -0.1) is 0 Å². The van der Waals surface area contributed by atoms with Gasteiger partial charge in [0.1, 0.15) is 11.3 Å². The zero-order chi connectivity index (χ0) is 21.5. The van der Waals surface area contributed by atoms with Crippen molar-refractivity contribution in [2.24, 2.45) is 5.10 Å². The molecule has 0 spiro atoms. The molecule has 0 aliphatic rings. The number of carbonyl (C=O) groups is 1. The number of hydrogen-bond acceptors (Lipinski definition) is 6. The van der Waals surface area contributed by atoms with Crippen LogP contribution in [0.4, 0.5) is 0 Å². The summed E-state index contributed by atoms with van der Waals surface area (Å²) < 4.78 is 11.2. The molecule has 0 atom stereocenters. The predicted octanol–water partition coefficient (Wildman–Crippen LogP) is 4.82. The van der Waals surface area contributed by atoms with Gasteiger partial charge in [-0.3, -0.25) is 4.79 Å². The topological polar surface area (TPSA) is 76.7 Å². The van der Waals surface area contributed by atoms with Crippen molar-refractivity contribution >= 4 is 35.0 Å². The van der Waals surface area contributed by atoms with E-state index in [2.05, 4.69) is 15.5 Å². The van der Waals surface area contributed by atoms with E-state index < -0.39 is 0 Å². The van der Waals surface area contributed by atoms with E-state index >= 15 is 0 Å². The van der Waals surface area contributed by atoms with Gasteiger partial charge in [-0.1, -0.05) is 54.2 Å². The quantitative estimate of drug-likeness (QED) is 0.246. The van der Waals surface area contributed by atoms with Crippen molar-refractivity contribution in [1.29, 1.82) is 0 Å². The SMILES string of the molecule is COc1ccc(C=NNC(=O)Cc2ccccc2)cc1CSc1nc2ccccc2o1. The van der Waals surface area contributed by atoms with E-state index in [1.54, 1.807) is 13.3 Å². The van der Waals surface area contributed by atoms with Gasteiger partial charge in [-0.2, -0.15) is 5.10 Å². The van der Waals surface area contributed by atoms with Crippen LogP contribution in [0.3, 0.4) is 0 Å². The standard InChI is InChI=1S/C24H21N3O3S/c1-29-21-12-11-18(15-25-27-23(28)14-17-7-3-2-4-8-17)13-19(21)16-31-24-26-20-9-5-6-10-22(20)30-24/h2-13,15H,14,16H2,1H3,(H,27,28). The maximum absolute atomic E-state index is 12.0. The average molecular weight is 432 g/mol. The van der Waals surface area contributed by atoms with Crippen LogP contribution in [0.1, 0.15) is 16.7 Å². The Morgan fingerprint density at radius 3 is 2.74 bits per heavy atom. The van der Waals surface area contributed by atoms with E-state index in [0.717, 1.165) is 33.5 Å². The first-order valence-corrected chi connectivity index (χ1v) is 10.7. The monoisotopic (exact) mass is 431 g/mol. The second-order valence-corrected chi connectivity index (χ2v) is 7.69. The molecule has 1 aromatic heterocycles. The molecule has 156 valence electrons. The molecular formula is C24H21N3O3S. The van der Waals surface area contributed by atoms with Gasteiger partial charge >= 0.3 is 0 Å². The molecule has 1 amide bonds. The van der Waals surface area contributed by atoms with Gasteiger partial charge < -0.3 is 9.15 Å². The molecular weight excluding hydrogens is 410 g/mol. The Morgan fingerprint density at radius 2 is 1.94 bits per heavy atom. The highest BCUT2D eigenvalue weighted by Crippen LogP contribution is 2.30. The van der Waals surface area contributed by atoms with E-state index in [-0.39, 0.29) is 12.3 Å². The van der Waals surface area contributed by atoms with Crippen LogP contribution < -0.4 is 10.2 Å². The van der Waals surface area contributed by atoms with Crippen LogP contribution in [0.2, 0.25) is 0 Å². The molecule has 0 aliphatic heterocycles. The van der Waals surface area contributed by atoms with E-state index in [4.69, 9.17) is 9.15 Å². The number of amides is 1. The molecule has 0 saturated heterocycles. The highest BCUT2D eigenvalue weighted by molar-refractivity contribution is 7.98. The molecule has 1 heterocycles. The number of ether oxygens (including phenoxy) is 1. The molecule has 4 rings (SSSR count). The van der Waals surface area contributed by atoms with Crippen LogP contribution >= 0.6 is 11.8 Å². The molecule has 0 aliphatic carbocycles. The fourth-order valence-electron chi connectivity index (χ4n) is 3.04. The Morgan fingerprint density at radius 1 is 1.13 bits per heavy atom. The van der Waals surface area contributed by atoms with Crippen LogP contribution in [0.15, 0.2) is 87.5 Å². The number of benzene rings is 3. The Hall–Kier alpha value is -3.58. The Balaban J connectivity index is 1.39. The molecule has 4 aromatic rings. The number of methoxy groups -OCH3 is 1. The maximum Gasteiger partial charge on any atom is 0.257 e. The highest BCUT2D eigenvalue weighted by atomic mass is 32.2. The summed E-state index contributed by atoms with van der Waals surface area (Å²) in [6.45, 7) is 0. The van der Waals surface area contributed by atoms with Crippen LogP contribution in [0.25, 0.3) is 11.1 Å². The van der Waals surface area contributed by atoms with Gasteiger partial charge in [0.2, 0.25) is 5.91 Å². The van der Waals surface area contributed by atoms with E-state index in [0.29, 0.717) is 11.0 Å². The lowest BCUT2D eigenvalue weighted by Gasteiger charge is -2.08. The van der Waals surface area contributed by atoms with Crippen molar-refractivity contribution in [3.8, 4) is 5.75 Å². The maximum atomic E-state index is 12.0. The van der Waals surface area contributed by atoms with Crippen molar-refractivity contribution < 1.29 is 13.9 Å². The van der Waals surface area contributed by atoms with Crippen molar-refractivity contribution in [3.05, 3.63) is 89.5 Å². The zero-order valence-corrected chi connectivity index (χ0v) is 17.8. The molecule has 7 heteroatoms. The van der Waals surface area contributed by atoms with E-state index in [1.165, 1.54) is 11.8 Å². The highest BCUT2D eigenvalue weighted by Gasteiger charge is 2.10. The van der Waals surface area contributed by atoms with E-state index in [1.807, 2.05) is 72.8 Å². The number of fused-ring (bicyclic) bond motifs is 1. The summed E-state index contributed by atoms with van der Waals surface area (Å²) in [5.41, 5.74) is 6.95. The molecule has 0 radical (unpaired) electrons. The van der Waals surface area contributed by atoms with Crippen molar-refractivity contribution in [1.82, 2.24) is 10.4 Å². The number of nitrogens with one attached hydrogen (secondary N) is 1. The number of oxazole rings is 1. The molecule has 0 saturated carbocycles. The van der Waals surface area contributed by atoms with Crippen LogP contribution in [-0.2, 0) is 17.0 Å². The van der Waals surface area contributed by atoms with Gasteiger partial charge in [0.15, 0.2) is 5.58 Å². The minimum atomic E-state index is -0.164. The number of thioether (sulfide) groups is 1. The number of hydrogen-bond donors (Lipinski definition) is 1. The third-order valence-corrected chi connectivity index (χ3v) is 5.42. The lowest BCUT2D eigenvalue weighted by Crippen LogP contribution is -2.19. The largest absolute Gasteiger partial charge is 0.496 e. The molecule has 6 nitrogen and oxygen atoms in total. The lowest BCUT2D eigenvalue weighted by molar-refractivity contribution is -0.120. The second kappa shape index (κ2) is 9.95. The number of rotatable bonds is 8. The smallest absolute Gasteiger partial charge is 0.257 e. The van der Waals surface area contributed by atoms with Crippen molar-refractivity contribution in [3.63, 3.8) is 0 Å². The summed E-state index contributed by atoms with van der Waals surface area (Å²) in [4.78, 5) is 16.5. The lowest BCUT2D eigenvalue weighted by atomic mass is 10.1. The first-order chi connectivity index (χ1) is 15.2. The van der Waals surface area contributed by atoms with Gasteiger partial charge in [0.05, 0.1) is 19.7 Å². The summed E-state index contributed by atoms with van der Waals surface area (Å²) in [5, 5.41) is 4.69. The van der Waals surface area contributed by atoms with Gasteiger partial charge in [0.25, 0.3) is 5.22 Å².